The van der Waals surface area contributed by atoms with Crippen LogP contribution in [0.5, 0.6) is 0 Å². The van der Waals surface area contributed by atoms with E-state index >= 15 is 0 Å². The third-order valence-corrected chi connectivity index (χ3v) is 8.03. The Balaban J connectivity index is 1.30. The highest BCUT2D eigenvalue weighted by Gasteiger charge is 2.27. The highest BCUT2D eigenvalue weighted by atomic mass is 16.5. The van der Waals surface area contributed by atoms with Crippen LogP contribution in [-0.4, -0.2) is 74.1 Å². The van der Waals surface area contributed by atoms with Gasteiger partial charge in [-0.3, -0.25) is 9.59 Å². The number of nitrogens with two attached hydrogens (primary N) is 1. The first-order valence-electron chi connectivity index (χ1n) is 14.0. The second-order valence-electron chi connectivity index (χ2n) is 10.7. The molecule has 0 spiro atoms. The van der Waals surface area contributed by atoms with Crippen molar-refractivity contribution < 1.29 is 14.3 Å². The van der Waals surface area contributed by atoms with Gasteiger partial charge in [-0.25, -0.2) is 4.98 Å². The van der Waals surface area contributed by atoms with Crippen molar-refractivity contribution >= 4 is 34.8 Å². The molecule has 11 heteroatoms. The Morgan fingerprint density at radius 3 is 2.41 bits per heavy atom. The Kier molecular flexibility index (Phi) is 8.07. The number of amides is 1. The Morgan fingerprint density at radius 2 is 1.70 bits per heavy atom. The van der Waals surface area contributed by atoms with Crippen molar-refractivity contribution in [3.8, 4) is 0 Å². The van der Waals surface area contributed by atoms with Gasteiger partial charge in [0.15, 0.2) is 17.0 Å². The minimum atomic E-state index is -0.464. The summed E-state index contributed by atoms with van der Waals surface area (Å²) < 4.78 is 7.15. The van der Waals surface area contributed by atoms with Gasteiger partial charge in [-0.1, -0.05) is 12.8 Å². The minimum absolute atomic E-state index is 0.155. The Labute approximate surface area is 217 Å². The fraction of sp³-hybridized carbons (Fsp3) is 0.731. The second-order valence-corrected chi connectivity index (χ2v) is 10.7. The molecule has 0 radical (unpaired) electrons. The van der Waals surface area contributed by atoms with Crippen LogP contribution in [0.1, 0.15) is 83.6 Å². The number of esters is 1. The molecule has 2 saturated carbocycles. The van der Waals surface area contributed by atoms with Crippen LogP contribution in [0.25, 0.3) is 11.2 Å². The minimum Gasteiger partial charge on any atom is -0.466 e. The predicted molar refractivity (Wildman–Crippen MR) is 141 cm³/mol. The number of rotatable bonds is 8. The number of piperidine rings is 1. The highest BCUT2D eigenvalue weighted by Crippen LogP contribution is 2.34. The molecule has 3 aliphatic rings. The zero-order chi connectivity index (χ0) is 25.8. The third-order valence-electron chi connectivity index (χ3n) is 8.03. The predicted octanol–water partition coefficient (Wildman–Crippen LogP) is 2.98. The van der Waals surface area contributed by atoms with Gasteiger partial charge in [0.25, 0.3) is 0 Å². The summed E-state index contributed by atoms with van der Waals surface area (Å²) in [7, 11) is 0. The summed E-state index contributed by atoms with van der Waals surface area (Å²) in [6, 6.07) is 1.20. The number of carbonyl (C=O) groups is 2. The van der Waals surface area contributed by atoms with E-state index in [2.05, 4.69) is 15.2 Å². The molecule has 0 unspecified atom stereocenters. The van der Waals surface area contributed by atoms with Gasteiger partial charge in [0.2, 0.25) is 11.9 Å². The standard InChI is InChI=1S/C26H40N8O3/c1-2-37-22(36)15-21(35)33-13-11-19(12-14-33)29-24-23-25(34(16-28-23)20-5-3-4-6-20)32-26(31-24)30-18-9-7-17(27)8-10-18/h16-20H,2-15,27H2,1H3,(H2,29,30,31,32). The maximum atomic E-state index is 12.5. The average molecular weight is 513 g/mol. The summed E-state index contributed by atoms with van der Waals surface area (Å²) in [5.74, 6) is 0.745. The van der Waals surface area contributed by atoms with E-state index in [1.54, 1.807) is 11.8 Å². The van der Waals surface area contributed by atoms with Crippen molar-refractivity contribution in [3.63, 3.8) is 0 Å². The number of hydrogen-bond acceptors (Lipinski definition) is 9. The van der Waals surface area contributed by atoms with Crippen LogP contribution in [0, 0.1) is 0 Å². The van der Waals surface area contributed by atoms with Gasteiger partial charge in [0, 0.05) is 37.3 Å². The molecule has 3 heterocycles. The Bertz CT molecular complexity index is 1080. The zero-order valence-corrected chi connectivity index (χ0v) is 21.8. The lowest BCUT2D eigenvalue weighted by atomic mass is 9.92. The quantitative estimate of drug-likeness (QED) is 0.360. The van der Waals surface area contributed by atoms with E-state index in [9.17, 15) is 9.59 Å². The number of ether oxygens (including phenoxy) is 1. The average Bonchev–Trinajstić information content (AvgIpc) is 3.56. The molecule has 4 N–H and O–H groups in total. The van der Waals surface area contributed by atoms with E-state index in [-0.39, 0.29) is 31.0 Å². The van der Waals surface area contributed by atoms with Crippen LogP contribution >= 0.6 is 0 Å². The fourth-order valence-electron chi connectivity index (χ4n) is 5.89. The number of carbonyl (C=O) groups excluding carboxylic acids is 2. The highest BCUT2D eigenvalue weighted by molar-refractivity contribution is 5.94. The summed E-state index contributed by atoms with van der Waals surface area (Å²) >= 11 is 0. The Hall–Kier alpha value is -2.95. The molecule has 5 rings (SSSR count). The molecule has 11 nitrogen and oxygen atoms in total. The van der Waals surface area contributed by atoms with Crippen LogP contribution in [0.4, 0.5) is 11.8 Å². The number of nitrogens with one attached hydrogen (secondary N) is 2. The van der Waals surface area contributed by atoms with E-state index in [1.807, 2.05) is 6.33 Å². The van der Waals surface area contributed by atoms with Crippen LogP contribution in [-0.2, 0) is 14.3 Å². The molecule has 1 saturated heterocycles. The van der Waals surface area contributed by atoms with Crippen LogP contribution < -0.4 is 16.4 Å². The lowest BCUT2D eigenvalue weighted by Crippen LogP contribution is -2.43. The summed E-state index contributed by atoms with van der Waals surface area (Å²) in [6.45, 7) is 3.21. The SMILES string of the molecule is CCOC(=O)CC(=O)N1CCC(Nc2nc(NC3CCC(N)CC3)nc3c2ncn3C2CCCC2)CC1. The van der Waals surface area contributed by atoms with Gasteiger partial charge < -0.3 is 30.6 Å². The number of anilines is 2. The molecular weight excluding hydrogens is 472 g/mol. The molecule has 3 fully saturated rings. The molecule has 37 heavy (non-hydrogen) atoms. The molecule has 202 valence electrons. The van der Waals surface area contributed by atoms with E-state index < -0.39 is 5.97 Å². The van der Waals surface area contributed by atoms with Gasteiger partial charge >= 0.3 is 5.97 Å². The fourth-order valence-corrected chi connectivity index (χ4v) is 5.89. The van der Waals surface area contributed by atoms with Crippen molar-refractivity contribution in [2.45, 2.75) is 102 Å². The maximum absolute atomic E-state index is 12.5. The van der Waals surface area contributed by atoms with E-state index in [0.29, 0.717) is 31.1 Å². The topological polar surface area (TPSA) is 140 Å². The first kappa shape index (κ1) is 25.7. The molecule has 2 aromatic heterocycles. The number of likely N-dealkylation sites (tertiary alicyclic amines) is 1. The second kappa shape index (κ2) is 11.6. The van der Waals surface area contributed by atoms with E-state index in [0.717, 1.165) is 68.3 Å². The summed E-state index contributed by atoms with van der Waals surface area (Å²) in [6.07, 6.45) is 12.1. The number of fused-ring (bicyclic) bond motifs is 1. The number of hydrogen-bond donors (Lipinski definition) is 3. The number of imidazole rings is 1. The normalized spacial score (nSPS) is 23.4. The summed E-state index contributed by atoms with van der Waals surface area (Å²) in [5, 5.41) is 7.19. The monoisotopic (exact) mass is 512 g/mol. The van der Waals surface area contributed by atoms with E-state index in [4.69, 9.17) is 25.4 Å². The van der Waals surface area contributed by atoms with Crippen molar-refractivity contribution in [1.82, 2.24) is 24.4 Å². The van der Waals surface area contributed by atoms with Crippen LogP contribution in [0.2, 0.25) is 0 Å². The summed E-state index contributed by atoms with van der Waals surface area (Å²) in [4.78, 5) is 40.5. The molecule has 2 aliphatic carbocycles. The molecule has 0 bridgehead atoms. The molecule has 0 atom stereocenters. The lowest BCUT2D eigenvalue weighted by molar-refractivity contribution is -0.148. The van der Waals surface area contributed by atoms with Gasteiger partial charge in [0.1, 0.15) is 6.42 Å². The smallest absolute Gasteiger partial charge is 0.315 e. The molecular formula is C26H40N8O3. The summed E-state index contributed by atoms with van der Waals surface area (Å²) in [5.41, 5.74) is 7.78. The van der Waals surface area contributed by atoms with Crippen molar-refractivity contribution in [1.29, 1.82) is 0 Å². The molecule has 1 aliphatic heterocycles. The van der Waals surface area contributed by atoms with E-state index in [1.165, 1.54) is 12.8 Å². The van der Waals surface area contributed by atoms with Gasteiger partial charge in [0.05, 0.1) is 12.9 Å². The van der Waals surface area contributed by atoms with Gasteiger partial charge in [-0.15, -0.1) is 0 Å². The van der Waals surface area contributed by atoms with Gasteiger partial charge in [-0.05, 0) is 58.3 Å². The molecule has 2 aromatic rings. The number of aromatic nitrogens is 4. The van der Waals surface area contributed by atoms with Crippen LogP contribution in [0.3, 0.4) is 0 Å². The molecule has 1 amide bonds. The largest absolute Gasteiger partial charge is 0.466 e. The first-order chi connectivity index (χ1) is 18.0. The number of nitrogens with zero attached hydrogens (tertiary/aromatic N) is 5. The van der Waals surface area contributed by atoms with Crippen molar-refractivity contribution in [2.24, 2.45) is 5.73 Å². The Morgan fingerprint density at radius 1 is 1.00 bits per heavy atom. The lowest BCUT2D eigenvalue weighted by Gasteiger charge is -2.32. The zero-order valence-electron chi connectivity index (χ0n) is 21.8. The van der Waals surface area contributed by atoms with Crippen LogP contribution in [0.15, 0.2) is 6.33 Å². The van der Waals surface area contributed by atoms with Crippen molar-refractivity contribution in [3.05, 3.63) is 6.33 Å². The maximum Gasteiger partial charge on any atom is 0.315 e. The third kappa shape index (κ3) is 6.14. The van der Waals surface area contributed by atoms with Crippen molar-refractivity contribution in [2.75, 3.05) is 30.3 Å². The first-order valence-corrected chi connectivity index (χ1v) is 14.0. The van der Waals surface area contributed by atoms with Gasteiger partial charge in [-0.2, -0.15) is 9.97 Å². The molecule has 0 aromatic carbocycles.